The van der Waals surface area contributed by atoms with Crippen LogP contribution in [0.4, 0.5) is 17.1 Å². The van der Waals surface area contributed by atoms with Crippen molar-refractivity contribution in [2.45, 2.75) is 25.2 Å². The van der Waals surface area contributed by atoms with Gasteiger partial charge in [-0.2, -0.15) is 0 Å². The third-order valence-corrected chi connectivity index (χ3v) is 7.36. The largest absolute Gasteiger partial charge is 0.385 e. The van der Waals surface area contributed by atoms with E-state index in [-0.39, 0.29) is 28.4 Å². The maximum atomic E-state index is 13.4. The number of methoxy groups -OCH3 is 1. The first-order valence-corrected chi connectivity index (χ1v) is 13.3. The van der Waals surface area contributed by atoms with E-state index >= 15 is 0 Å². The molecule has 0 atom stereocenters. The lowest BCUT2D eigenvalue weighted by atomic mass is 10.1. The minimum atomic E-state index is -0.534. The minimum Gasteiger partial charge on any atom is -0.385 e. The molecule has 0 radical (unpaired) electrons. The van der Waals surface area contributed by atoms with E-state index in [2.05, 4.69) is 10.6 Å². The number of hydrogen-bond donors (Lipinski definition) is 2. The molecule has 3 aromatic rings. The SMILES string of the molecule is COCCCN1C(=O)C(Nc2ccc(C)c(C)c2)=C(Sc2cccc(NC(=O)c3ccc([N+](=O)[O-])cc3)c2)C1=O. The molecule has 0 bridgehead atoms. The molecule has 1 heterocycles. The summed E-state index contributed by atoms with van der Waals surface area (Å²) in [5.41, 5.74) is 3.65. The number of non-ortho nitro benzene ring substituents is 1. The second-order valence-electron chi connectivity index (χ2n) is 9.12. The van der Waals surface area contributed by atoms with Crippen molar-refractivity contribution in [1.29, 1.82) is 0 Å². The molecule has 3 amide bonds. The van der Waals surface area contributed by atoms with Crippen LogP contribution in [0.25, 0.3) is 0 Å². The number of rotatable bonds is 11. The molecule has 0 saturated carbocycles. The van der Waals surface area contributed by atoms with E-state index in [0.717, 1.165) is 22.9 Å². The molecular weight excluding hydrogens is 532 g/mol. The van der Waals surface area contributed by atoms with Crippen LogP contribution in [0.2, 0.25) is 0 Å². The maximum Gasteiger partial charge on any atom is 0.278 e. The Morgan fingerprint density at radius 1 is 0.975 bits per heavy atom. The number of anilines is 2. The van der Waals surface area contributed by atoms with Gasteiger partial charge in [0.15, 0.2) is 0 Å². The number of benzene rings is 3. The third kappa shape index (κ3) is 6.56. The molecule has 0 fully saturated rings. The average Bonchev–Trinajstić information content (AvgIpc) is 3.15. The zero-order valence-electron chi connectivity index (χ0n) is 22.2. The highest BCUT2D eigenvalue weighted by Crippen LogP contribution is 2.37. The van der Waals surface area contributed by atoms with Crippen LogP contribution in [0.15, 0.2) is 82.2 Å². The van der Waals surface area contributed by atoms with Crippen LogP contribution in [0.5, 0.6) is 0 Å². The molecule has 0 saturated heterocycles. The van der Waals surface area contributed by atoms with Crippen LogP contribution < -0.4 is 10.6 Å². The van der Waals surface area contributed by atoms with E-state index < -0.39 is 22.6 Å². The van der Waals surface area contributed by atoms with Gasteiger partial charge in [-0.3, -0.25) is 29.4 Å². The molecule has 0 unspecified atom stereocenters. The molecule has 0 aliphatic carbocycles. The number of thioether (sulfide) groups is 1. The number of nitrogens with one attached hydrogen (secondary N) is 2. The van der Waals surface area contributed by atoms with Crippen molar-refractivity contribution in [2.24, 2.45) is 0 Å². The van der Waals surface area contributed by atoms with Gasteiger partial charge in [-0.1, -0.05) is 23.9 Å². The van der Waals surface area contributed by atoms with E-state index in [9.17, 15) is 24.5 Å². The van der Waals surface area contributed by atoms with E-state index in [1.165, 1.54) is 29.2 Å². The van der Waals surface area contributed by atoms with Crippen LogP contribution in [0.1, 0.15) is 27.9 Å². The van der Waals surface area contributed by atoms with Gasteiger partial charge in [0.25, 0.3) is 23.4 Å². The van der Waals surface area contributed by atoms with Crippen LogP contribution in [-0.4, -0.2) is 47.8 Å². The fraction of sp³-hybridized carbons (Fsp3) is 0.207. The fourth-order valence-corrected chi connectivity index (χ4v) is 4.99. The van der Waals surface area contributed by atoms with E-state index in [0.29, 0.717) is 29.3 Å². The molecule has 3 aromatic carbocycles. The Hall–Kier alpha value is -4.48. The van der Waals surface area contributed by atoms with Crippen molar-refractivity contribution in [3.8, 4) is 0 Å². The van der Waals surface area contributed by atoms with Crippen molar-refractivity contribution in [3.05, 3.63) is 104 Å². The molecule has 10 nitrogen and oxygen atoms in total. The molecule has 4 rings (SSSR count). The van der Waals surface area contributed by atoms with Crippen LogP contribution in [0, 0.1) is 24.0 Å². The van der Waals surface area contributed by atoms with Crippen molar-refractivity contribution < 1.29 is 24.0 Å². The highest BCUT2D eigenvalue weighted by molar-refractivity contribution is 8.04. The number of nitro benzene ring substituents is 1. The van der Waals surface area contributed by atoms with Gasteiger partial charge in [0.2, 0.25) is 0 Å². The molecule has 1 aliphatic heterocycles. The van der Waals surface area contributed by atoms with Crippen molar-refractivity contribution in [2.75, 3.05) is 30.9 Å². The maximum absolute atomic E-state index is 13.4. The Bertz CT molecular complexity index is 1500. The number of nitrogens with zero attached hydrogens (tertiary/aromatic N) is 2. The zero-order valence-corrected chi connectivity index (χ0v) is 23.0. The Morgan fingerprint density at radius 2 is 1.73 bits per heavy atom. The van der Waals surface area contributed by atoms with Crippen LogP contribution >= 0.6 is 11.8 Å². The van der Waals surface area contributed by atoms with Gasteiger partial charge < -0.3 is 15.4 Å². The van der Waals surface area contributed by atoms with E-state index in [1.54, 1.807) is 31.4 Å². The first-order chi connectivity index (χ1) is 19.2. The third-order valence-electron chi connectivity index (χ3n) is 6.28. The van der Waals surface area contributed by atoms with Gasteiger partial charge in [0, 0.05) is 54.2 Å². The molecule has 0 spiro atoms. The minimum absolute atomic E-state index is 0.111. The van der Waals surface area contributed by atoms with Crippen molar-refractivity contribution >= 4 is 46.5 Å². The summed E-state index contributed by atoms with van der Waals surface area (Å²) >= 11 is 1.13. The number of hydrogen-bond acceptors (Lipinski definition) is 8. The lowest BCUT2D eigenvalue weighted by Gasteiger charge is -2.15. The number of carbonyl (C=O) groups excluding carboxylic acids is 3. The monoisotopic (exact) mass is 560 g/mol. The lowest BCUT2D eigenvalue weighted by Crippen LogP contribution is -2.33. The summed E-state index contributed by atoms with van der Waals surface area (Å²) in [6.07, 6.45) is 0.507. The normalized spacial score (nSPS) is 13.1. The zero-order chi connectivity index (χ0) is 28.8. The Morgan fingerprint density at radius 3 is 2.40 bits per heavy atom. The number of amides is 3. The number of carbonyl (C=O) groups is 3. The number of nitro groups is 1. The van der Waals surface area contributed by atoms with Gasteiger partial charge in [-0.05, 0) is 73.9 Å². The molecule has 1 aliphatic rings. The topological polar surface area (TPSA) is 131 Å². The highest BCUT2D eigenvalue weighted by Gasteiger charge is 2.39. The highest BCUT2D eigenvalue weighted by atomic mass is 32.2. The van der Waals surface area contributed by atoms with Gasteiger partial charge in [-0.15, -0.1) is 0 Å². The molecule has 2 N–H and O–H groups in total. The first kappa shape index (κ1) is 28.5. The first-order valence-electron chi connectivity index (χ1n) is 12.5. The van der Waals surface area contributed by atoms with Gasteiger partial charge >= 0.3 is 0 Å². The number of aryl methyl sites for hydroxylation is 2. The lowest BCUT2D eigenvalue weighted by molar-refractivity contribution is -0.384. The molecule has 11 heteroatoms. The molecule has 0 aromatic heterocycles. The second-order valence-corrected chi connectivity index (χ2v) is 10.2. The average molecular weight is 561 g/mol. The molecule has 206 valence electrons. The number of imide groups is 1. The molecular formula is C29H28N4O6S. The van der Waals surface area contributed by atoms with Gasteiger partial charge in [-0.25, -0.2) is 0 Å². The summed E-state index contributed by atoms with van der Waals surface area (Å²) in [6, 6.07) is 17.9. The van der Waals surface area contributed by atoms with Crippen LogP contribution in [-0.2, 0) is 14.3 Å². The van der Waals surface area contributed by atoms with E-state index in [1.807, 2.05) is 32.0 Å². The van der Waals surface area contributed by atoms with Crippen molar-refractivity contribution in [1.82, 2.24) is 4.90 Å². The summed E-state index contributed by atoms with van der Waals surface area (Å²) in [5.74, 6) is -1.26. The van der Waals surface area contributed by atoms with E-state index in [4.69, 9.17) is 4.74 Å². The summed E-state index contributed by atoms with van der Waals surface area (Å²) in [4.78, 5) is 51.9. The van der Waals surface area contributed by atoms with Crippen molar-refractivity contribution in [3.63, 3.8) is 0 Å². The predicted octanol–water partition coefficient (Wildman–Crippen LogP) is 5.29. The Labute approximate surface area is 235 Å². The summed E-state index contributed by atoms with van der Waals surface area (Å²) in [7, 11) is 1.56. The van der Waals surface area contributed by atoms with Crippen LogP contribution in [0.3, 0.4) is 0 Å². The Balaban J connectivity index is 1.58. The summed E-state index contributed by atoms with van der Waals surface area (Å²) in [5, 5.41) is 16.8. The summed E-state index contributed by atoms with van der Waals surface area (Å²) in [6.45, 7) is 4.60. The fourth-order valence-electron chi connectivity index (χ4n) is 3.99. The second kappa shape index (κ2) is 12.6. The standard InChI is InChI=1S/C29H28N4O6S/c1-18-8-11-22(16-19(18)2)30-25-26(29(36)32(28(25)35)14-5-15-39-3)40-24-7-4-6-21(17-24)31-27(34)20-9-12-23(13-10-20)33(37)38/h4,6-13,16-17,30H,5,14-15H2,1-3H3,(H,31,34). The molecule has 40 heavy (non-hydrogen) atoms. The quantitative estimate of drug-likeness (QED) is 0.140. The van der Waals surface area contributed by atoms with Gasteiger partial charge in [0.1, 0.15) is 10.6 Å². The number of ether oxygens (including phenoxy) is 1. The summed E-state index contributed by atoms with van der Waals surface area (Å²) < 4.78 is 5.09. The smallest absolute Gasteiger partial charge is 0.278 e. The van der Waals surface area contributed by atoms with Gasteiger partial charge in [0.05, 0.1) is 4.92 Å². The Kier molecular flexibility index (Phi) is 8.97. The predicted molar refractivity (Wildman–Crippen MR) is 153 cm³/mol.